The summed E-state index contributed by atoms with van der Waals surface area (Å²) in [5.74, 6) is -1.03. The van der Waals surface area contributed by atoms with Crippen LogP contribution in [0.3, 0.4) is 0 Å². The predicted octanol–water partition coefficient (Wildman–Crippen LogP) is 3.39. The number of amides is 4. The van der Waals surface area contributed by atoms with Gasteiger partial charge < -0.3 is 30.2 Å². The molecule has 0 aromatic heterocycles. The molecule has 2 aromatic rings. The maximum atomic E-state index is 13.5. The number of carbonyl (C=O) groups excluding carboxylic acids is 4. The number of nitrogens with zero attached hydrogens (tertiary/aromatic N) is 3. The van der Waals surface area contributed by atoms with Crippen molar-refractivity contribution in [3.63, 3.8) is 0 Å². The molecule has 2 aliphatic heterocycles. The lowest BCUT2D eigenvalue weighted by molar-refractivity contribution is -0.159. The van der Waals surface area contributed by atoms with Crippen molar-refractivity contribution in [3.8, 4) is 11.5 Å². The Labute approximate surface area is 265 Å². The minimum Gasteiger partial charge on any atom is -0.508 e. The molecule has 45 heavy (non-hydrogen) atoms. The average molecular weight is 619 g/mol. The number of piperazine rings is 2. The number of phenols is 2. The fourth-order valence-corrected chi connectivity index (χ4v) is 7.04. The molecule has 0 radical (unpaired) electrons. The molecule has 1 saturated carbocycles. The van der Waals surface area contributed by atoms with E-state index in [4.69, 9.17) is 0 Å². The Balaban J connectivity index is 1.17. The summed E-state index contributed by atoms with van der Waals surface area (Å²) in [6, 6.07) is 13.6. The van der Waals surface area contributed by atoms with Crippen LogP contribution in [0, 0.1) is 5.92 Å². The molecule has 10 nitrogen and oxygen atoms in total. The smallest absolute Gasteiger partial charge is 0.312 e. The van der Waals surface area contributed by atoms with Crippen molar-refractivity contribution in [2.75, 3.05) is 32.7 Å². The fourth-order valence-electron chi connectivity index (χ4n) is 7.04. The maximum Gasteiger partial charge on any atom is 0.312 e. The molecule has 0 unspecified atom stereocenters. The van der Waals surface area contributed by atoms with Crippen LogP contribution >= 0.6 is 0 Å². The fraction of sp³-hybridized carbons (Fsp3) is 0.543. The van der Waals surface area contributed by atoms with E-state index in [2.05, 4.69) is 5.32 Å². The van der Waals surface area contributed by atoms with Crippen LogP contribution in [0.2, 0.25) is 0 Å². The second-order valence-corrected chi connectivity index (χ2v) is 12.8. The van der Waals surface area contributed by atoms with Crippen LogP contribution < -0.4 is 5.32 Å². The zero-order valence-electron chi connectivity index (χ0n) is 26.0. The number of phenolic OH excluding ortho intramolecular Hbond substituents is 2. The van der Waals surface area contributed by atoms with E-state index in [1.807, 2.05) is 24.3 Å². The van der Waals surface area contributed by atoms with Gasteiger partial charge in [-0.05, 0) is 79.8 Å². The first-order valence-electron chi connectivity index (χ1n) is 16.5. The molecule has 2 saturated heterocycles. The topological polar surface area (TPSA) is 130 Å². The lowest BCUT2D eigenvalue weighted by Crippen LogP contribution is -2.60. The van der Waals surface area contributed by atoms with Gasteiger partial charge >= 0.3 is 23.6 Å². The number of benzene rings is 2. The van der Waals surface area contributed by atoms with Crippen molar-refractivity contribution in [1.82, 2.24) is 20.0 Å². The minimum atomic E-state index is -0.595. The molecule has 242 valence electrons. The van der Waals surface area contributed by atoms with Crippen LogP contribution in [0.1, 0.15) is 68.9 Å². The van der Waals surface area contributed by atoms with Gasteiger partial charge in [-0.3, -0.25) is 19.2 Å². The van der Waals surface area contributed by atoms with Gasteiger partial charge in [-0.2, -0.15) is 0 Å². The zero-order chi connectivity index (χ0) is 31.8. The van der Waals surface area contributed by atoms with E-state index in [1.54, 1.807) is 39.0 Å². The molecule has 0 spiro atoms. The predicted molar refractivity (Wildman–Crippen MR) is 169 cm³/mol. The molecule has 2 atom stereocenters. The van der Waals surface area contributed by atoms with E-state index >= 15 is 0 Å². The van der Waals surface area contributed by atoms with E-state index in [1.165, 1.54) is 32.1 Å². The summed E-state index contributed by atoms with van der Waals surface area (Å²) < 4.78 is 0. The van der Waals surface area contributed by atoms with E-state index in [9.17, 15) is 29.4 Å². The van der Waals surface area contributed by atoms with Crippen molar-refractivity contribution in [3.05, 3.63) is 59.7 Å². The molecule has 5 rings (SSSR count). The first kappa shape index (κ1) is 32.3. The van der Waals surface area contributed by atoms with Crippen LogP contribution in [-0.2, 0) is 32.0 Å². The lowest BCUT2D eigenvalue weighted by Gasteiger charge is -2.41. The van der Waals surface area contributed by atoms with Crippen molar-refractivity contribution in [1.29, 1.82) is 0 Å². The molecular formula is C35H46N4O6. The second-order valence-electron chi connectivity index (χ2n) is 12.8. The summed E-state index contributed by atoms with van der Waals surface area (Å²) in [5, 5.41) is 22.0. The van der Waals surface area contributed by atoms with E-state index in [0.29, 0.717) is 64.3 Å². The number of nitrogens with one attached hydrogen (secondary N) is 1. The Morgan fingerprint density at radius 2 is 1.31 bits per heavy atom. The quantitative estimate of drug-likeness (QED) is 0.233. The summed E-state index contributed by atoms with van der Waals surface area (Å²) in [4.78, 5) is 56.7. The van der Waals surface area contributed by atoms with Crippen LogP contribution in [0.5, 0.6) is 11.5 Å². The van der Waals surface area contributed by atoms with E-state index in [-0.39, 0.29) is 23.6 Å². The van der Waals surface area contributed by atoms with Gasteiger partial charge in [0.15, 0.2) is 0 Å². The standard InChI is InChI=1S/C35H46N4O6/c40-30-13-9-26(10-14-30)18-20-38-28(23-36-32(42)33(38)43)8-4-5-19-37-24-29(22-27-11-15-31(41)16-12-27)39(35(45)34(37)44)21-17-25-6-2-1-3-7-25/h9-16,25,28-29,40-41H,1-8,17-24H2,(H,36,42)/t28-,29+/m1/s1. The number of hydrogen-bond acceptors (Lipinski definition) is 6. The Kier molecular flexibility index (Phi) is 11.0. The zero-order valence-corrected chi connectivity index (χ0v) is 26.0. The highest BCUT2D eigenvalue weighted by Crippen LogP contribution is 2.28. The number of aromatic hydroxyl groups is 2. The summed E-state index contributed by atoms with van der Waals surface area (Å²) in [6.45, 7) is 2.29. The van der Waals surface area contributed by atoms with Gasteiger partial charge in [0, 0.05) is 38.8 Å². The highest BCUT2D eigenvalue weighted by molar-refractivity contribution is 6.36. The van der Waals surface area contributed by atoms with Crippen molar-refractivity contribution < 1.29 is 29.4 Å². The molecule has 0 bridgehead atoms. The van der Waals surface area contributed by atoms with Crippen molar-refractivity contribution in [2.45, 2.75) is 82.7 Å². The van der Waals surface area contributed by atoms with Gasteiger partial charge in [-0.25, -0.2) is 0 Å². The van der Waals surface area contributed by atoms with Crippen LogP contribution in [0.15, 0.2) is 48.5 Å². The average Bonchev–Trinajstić information content (AvgIpc) is 3.05. The molecule has 3 N–H and O–H groups in total. The molecule has 2 heterocycles. The van der Waals surface area contributed by atoms with E-state index in [0.717, 1.165) is 24.0 Å². The van der Waals surface area contributed by atoms with Crippen LogP contribution in [0.25, 0.3) is 0 Å². The number of rotatable bonds is 13. The maximum absolute atomic E-state index is 13.5. The van der Waals surface area contributed by atoms with Gasteiger partial charge in [0.05, 0.1) is 6.04 Å². The third-order valence-corrected chi connectivity index (χ3v) is 9.70. The second kappa shape index (κ2) is 15.3. The molecule has 3 aliphatic rings. The van der Waals surface area contributed by atoms with Gasteiger partial charge in [0.1, 0.15) is 11.5 Å². The van der Waals surface area contributed by atoms with Gasteiger partial charge in [-0.15, -0.1) is 0 Å². The van der Waals surface area contributed by atoms with Crippen LogP contribution in [-0.4, -0.2) is 93.3 Å². The molecule has 2 aromatic carbocycles. The van der Waals surface area contributed by atoms with Gasteiger partial charge in [0.2, 0.25) is 0 Å². The highest BCUT2D eigenvalue weighted by Gasteiger charge is 2.39. The molecule has 1 aliphatic carbocycles. The lowest BCUT2D eigenvalue weighted by atomic mass is 9.86. The monoisotopic (exact) mass is 618 g/mol. The van der Waals surface area contributed by atoms with Crippen molar-refractivity contribution >= 4 is 23.6 Å². The normalized spacial score (nSPS) is 21.4. The minimum absolute atomic E-state index is 0.134. The van der Waals surface area contributed by atoms with Crippen LogP contribution in [0.4, 0.5) is 0 Å². The highest BCUT2D eigenvalue weighted by atomic mass is 16.3. The van der Waals surface area contributed by atoms with Crippen molar-refractivity contribution in [2.24, 2.45) is 5.92 Å². The Morgan fingerprint density at radius 1 is 0.667 bits per heavy atom. The Morgan fingerprint density at radius 3 is 2.00 bits per heavy atom. The first-order valence-corrected chi connectivity index (χ1v) is 16.5. The Bertz CT molecular complexity index is 1320. The Hall–Kier alpha value is -4.08. The number of hydrogen-bond donors (Lipinski definition) is 3. The summed E-state index contributed by atoms with van der Waals surface area (Å²) in [5.41, 5.74) is 1.98. The number of unbranched alkanes of at least 4 members (excludes halogenated alkanes) is 1. The molecular weight excluding hydrogens is 572 g/mol. The third kappa shape index (κ3) is 8.55. The number of carbonyl (C=O) groups is 4. The SMILES string of the molecule is O=C1NC[C@@H](CCCCN2C[C@H](Cc3ccc(O)cc3)N(CCC3CCCCC3)C(=O)C2=O)N(CCc2ccc(O)cc2)C1=O. The third-order valence-electron chi connectivity index (χ3n) is 9.70. The molecule has 3 fully saturated rings. The first-order chi connectivity index (χ1) is 21.8. The molecule has 10 heteroatoms. The van der Waals surface area contributed by atoms with Gasteiger partial charge in [0.25, 0.3) is 0 Å². The van der Waals surface area contributed by atoms with E-state index < -0.39 is 23.6 Å². The summed E-state index contributed by atoms with van der Waals surface area (Å²) >= 11 is 0. The molecule has 4 amide bonds. The summed E-state index contributed by atoms with van der Waals surface area (Å²) in [7, 11) is 0. The summed E-state index contributed by atoms with van der Waals surface area (Å²) in [6.07, 6.45) is 10.3. The van der Waals surface area contributed by atoms with Gasteiger partial charge in [-0.1, -0.05) is 56.4 Å². The largest absolute Gasteiger partial charge is 0.508 e.